The minimum absolute atomic E-state index is 0.0383. The molecule has 9 nitrogen and oxygen atoms in total. The molecule has 3 atom stereocenters. The van der Waals surface area contributed by atoms with Crippen LogP contribution < -0.4 is 0 Å². The minimum atomic E-state index is -4.53. The number of unbranched alkanes of at least 4 members (excludes halogenated alkanes) is 21. The highest BCUT2D eigenvalue weighted by Gasteiger charge is 2.26. The summed E-state index contributed by atoms with van der Waals surface area (Å²) in [5.74, 6) is -0.392. The first-order chi connectivity index (χ1) is 28.8. The van der Waals surface area contributed by atoms with Crippen LogP contribution in [0.3, 0.4) is 0 Å². The summed E-state index contributed by atoms with van der Waals surface area (Å²) in [6.07, 6.45) is 53.2. The maximum absolute atomic E-state index is 12.7. The van der Waals surface area contributed by atoms with Crippen molar-refractivity contribution >= 4 is 13.8 Å². The quantitative estimate of drug-likeness (QED) is 0.0237. The first kappa shape index (κ1) is 57.2. The predicted octanol–water partition coefficient (Wildman–Crippen LogP) is 13.5. The highest BCUT2D eigenvalue weighted by molar-refractivity contribution is 7.47. The van der Waals surface area contributed by atoms with Crippen LogP contribution in [0.4, 0.5) is 0 Å². The van der Waals surface area contributed by atoms with Crippen molar-refractivity contribution in [2.75, 3.05) is 33.0 Å². The standard InChI is InChI=1S/C49H89O9P/c1-3-5-7-9-11-13-15-17-19-21-23-24-26-28-30-32-34-36-38-40-42-55-45-48(46-57-59(53,54)56-44-47(51)43-50)58-49(52)41-39-37-35-33-31-29-27-25-22-20-18-16-14-12-10-8-6-4-2/h5,7,11,13,17,19-20,22-24,47-48,50-51H,3-4,6,8-10,12,14-16,18,21,25-46H2,1-2H3,(H,53,54)/b7-5-,13-11-,19-17-,22-20-,24-23-. The van der Waals surface area contributed by atoms with E-state index in [4.69, 9.17) is 23.6 Å². The van der Waals surface area contributed by atoms with E-state index in [0.717, 1.165) is 83.5 Å². The number of phosphoric ester groups is 1. The zero-order valence-electron chi connectivity index (χ0n) is 37.7. The van der Waals surface area contributed by atoms with Gasteiger partial charge in [0.05, 0.1) is 26.4 Å². The van der Waals surface area contributed by atoms with E-state index in [-0.39, 0.29) is 19.6 Å². The summed E-state index contributed by atoms with van der Waals surface area (Å²) in [5, 5.41) is 18.4. The van der Waals surface area contributed by atoms with Gasteiger partial charge in [0.2, 0.25) is 0 Å². The monoisotopic (exact) mass is 853 g/mol. The third kappa shape index (κ3) is 45.5. The SMILES string of the molecule is CC/C=C\C/C=C\C/C=C\C/C=C\CCCCCCCCCOCC(COP(=O)(O)OCC(O)CO)OC(=O)CCCCCCCCC/C=C\CCCCCCCCC. The Kier molecular flexibility index (Phi) is 44.3. The Hall–Kier alpha value is -1.84. The van der Waals surface area contributed by atoms with Crippen molar-refractivity contribution in [1.29, 1.82) is 0 Å². The number of allylic oxidation sites excluding steroid dienone is 10. The fourth-order valence-electron chi connectivity index (χ4n) is 6.34. The summed E-state index contributed by atoms with van der Waals surface area (Å²) in [4.78, 5) is 22.6. The van der Waals surface area contributed by atoms with Gasteiger partial charge in [0, 0.05) is 13.0 Å². The average molecular weight is 853 g/mol. The smallest absolute Gasteiger partial charge is 0.457 e. The summed E-state index contributed by atoms with van der Waals surface area (Å²) in [5.41, 5.74) is 0. The normalized spacial score (nSPS) is 14.5. The maximum atomic E-state index is 12.7. The molecule has 344 valence electrons. The van der Waals surface area contributed by atoms with Gasteiger partial charge in [0.1, 0.15) is 12.2 Å². The zero-order chi connectivity index (χ0) is 43.2. The van der Waals surface area contributed by atoms with Gasteiger partial charge >= 0.3 is 13.8 Å². The summed E-state index contributed by atoms with van der Waals surface area (Å²) in [7, 11) is -4.53. The van der Waals surface area contributed by atoms with E-state index >= 15 is 0 Å². The van der Waals surface area contributed by atoms with Crippen molar-refractivity contribution in [1.82, 2.24) is 0 Å². The molecule has 3 unspecified atom stereocenters. The molecule has 0 aromatic carbocycles. The Labute approximate surface area is 361 Å². The van der Waals surface area contributed by atoms with Gasteiger partial charge < -0.3 is 24.6 Å². The van der Waals surface area contributed by atoms with E-state index in [0.29, 0.717) is 6.61 Å². The maximum Gasteiger partial charge on any atom is 0.472 e. The molecule has 0 aliphatic rings. The zero-order valence-corrected chi connectivity index (χ0v) is 38.6. The topological polar surface area (TPSA) is 132 Å². The lowest BCUT2D eigenvalue weighted by molar-refractivity contribution is -0.154. The van der Waals surface area contributed by atoms with Crippen LogP contribution in [0.1, 0.15) is 200 Å². The molecule has 0 aliphatic heterocycles. The Morgan fingerprint density at radius 3 is 1.47 bits per heavy atom. The van der Waals surface area contributed by atoms with Crippen LogP contribution in [0.5, 0.6) is 0 Å². The number of aliphatic hydroxyl groups is 2. The van der Waals surface area contributed by atoms with E-state index in [1.54, 1.807) is 0 Å². The lowest BCUT2D eigenvalue weighted by Gasteiger charge is -2.20. The number of rotatable bonds is 45. The molecule has 0 rings (SSSR count). The predicted molar refractivity (Wildman–Crippen MR) is 246 cm³/mol. The molecule has 10 heteroatoms. The van der Waals surface area contributed by atoms with E-state index in [1.807, 2.05) is 0 Å². The molecular formula is C49H89O9P. The second-order valence-corrected chi connectivity index (χ2v) is 17.2. The molecular weight excluding hydrogens is 764 g/mol. The molecule has 0 heterocycles. The van der Waals surface area contributed by atoms with Crippen LogP contribution in [0.25, 0.3) is 0 Å². The lowest BCUT2D eigenvalue weighted by atomic mass is 10.1. The molecule has 0 saturated carbocycles. The highest BCUT2D eigenvalue weighted by atomic mass is 31.2. The summed E-state index contributed by atoms with van der Waals surface area (Å²) in [6, 6.07) is 0. The van der Waals surface area contributed by atoms with Crippen molar-refractivity contribution in [2.45, 2.75) is 212 Å². The summed E-state index contributed by atoms with van der Waals surface area (Å²) >= 11 is 0. The Balaban J connectivity index is 4.15. The van der Waals surface area contributed by atoms with E-state index in [9.17, 15) is 19.4 Å². The molecule has 0 aromatic heterocycles. The second-order valence-electron chi connectivity index (χ2n) is 15.7. The van der Waals surface area contributed by atoms with Gasteiger partial charge in [0.15, 0.2) is 0 Å². The van der Waals surface area contributed by atoms with Crippen molar-refractivity contribution in [3.8, 4) is 0 Å². The summed E-state index contributed by atoms with van der Waals surface area (Å²) < 4.78 is 33.5. The van der Waals surface area contributed by atoms with Gasteiger partial charge in [-0.25, -0.2) is 4.57 Å². The van der Waals surface area contributed by atoms with Crippen LogP contribution in [0.15, 0.2) is 60.8 Å². The number of carbonyl (C=O) groups excluding carboxylic acids is 1. The summed E-state index contributed by atoms with van der Waals surface area (Å²) in [6.45, 7) is 3.38. The number of aliphatic hydroxyl groups excluding tert-OH is 2. The lowest BCUT2D eigenvalue weighted by Crippen LogP contribution is -2.29. The fourth-order valence-corrected chi connectivity index (χ4v) is 7.13. The van der Waals surface area contributed by atoms with Crippen molar-refractivity contribution in [3.63, 3.8) is 0 Å². The molecule has 0 saturated heterocycles. The third-order valence-electron chi connectivity index (χ3n) is 9.94. The highest BCUT2D eigenvalue weighted by Crippen LogP contribution is 2.43. The molecule has 0 aromatic rings. The molecule has 0 radical (unpaired) electrons. The van der Waals surface area contributed by atoms with E-state index in [2.05, 4.69) is 74.6 Å². The Bertz CT molecular complexity index is 1100. The fraction of sp³-hybridized carbons (Fsp3) is 0.776. The van der Waals surface area contributed by atoms with E-state index in [1.165, 1.54) is 96.3 Å². The second kappa shape index (κ2) is 45.7. The van der Waals surface area contributed by atoms with Gasteiger partial charge in [-0.3, -0.25) is 13.8 Å². The largest absolute Gasteiger partial charge is 0.472 e. The first-order valence-electron chi connectivity index (χ1n) is 23.8. The molecule has 0 spiro atoms. The molecule has 0 amide bonds. The number of esters is 1. The number of carbonyl (C=O) groups is 1. The first-order valence-corrected chi connectivity index (χ1v) is 25.3. The number of hydrogen-bond donors (Lipinski definition) is 3. The molecule has 3 N–H and O–H groups in total. The van der Waals surface area contributed by atoms with Gasteiger partial charge in [-0.1, -0.05) is 177 Å². The van der Waals surface area contributed by atoms with Crippen LogP contribution in [0.2, 0.25) is 0 Å². The van der Waals surface area contributed by atoms with Gasteiger partial charge in [-0.05, 0) is 77.0 Å². The third-order valence-corrected chi connectivity index (χ3v) is 10.9. The van der Waals surface area contributed by atoms with E-state index < -0.39 is 39.2 Å². The Morgan fingerprint density at radius 1 is 0.542 bits per heavy atom. The van der Waals surface area contributed by atoms with Crippen molar-refractivity contribution in [3.05, 3.63) is 60.8 Å². The average Bonchev–Trinajstić information content (AvgIpc) is 3.23. The van der Waals surface area contributed by atoms with Crippen LogP contribution in [0, 0.1) is 0 Å². The van der Waals surface area contributed by atoms with Gasteiger partial charge in [-0.15, -0.1) is 0 Å². The minimum Gasteiger partial charge on any atom is -0.457 e. The van der Waals surface area contributed by atoms with Gasteiger partial charge in [-0.2, -0.15) is 0 Å². The number of hydrogen-bond acceptors (Lipinski definition) is 8. The number of ether oxygens (including phenoxy) is 2. The molecule has 0 fully saturated rings. The molecule has 59 heavy (non-hydrogen) atoms. The van der Waals surface area contributed by atoms with Crippen molar-refractivity contribution in [2.24, 2.45) is 0 Å². The van der Waals surface area contributed by atoms with Crippen LogP contribution in [-0.2, 0) is 27.9 Å². The molecule has 0 bridgehead atoms. The van der Waals surface area contributed by atoms with Crippen LogP contribution in [-0.4, -0.2) is 66.3 Å². The van der Waals surface area contributed by atoms with Crippen LogP contribution >= 0.6 is 7.82 Å². The molecule has 0 aliphatic carbocycles. The Morgan fingerprint density at radius 2 is 0.966 bits per heavy atom. The van der Waals surface area contributed by atoms with Gasteiger partial charge in [0.25, 0.3) is 0 Å². The number of phosphoric acid groups is 1. The van der Waals surface area contributed by atoms with Crippen molar-refractivity contribution < 1.29 is 43.0 Å².